The van der Waals surface area contributed by atoms with Gasteiger partial charge in [-0.3, -0.25) is 4.90 Å². The third-order valence-electron chi connectivity index (χ3n) is 4.29. The number of ether oxygens (including phenoxy) is 1. The van der Waals surface area contributed by atoms with E-state index in [-0.39, 0.29) is 19.2 Å². The molecular weight excluding hydrogens is 294 g/mol. The summed E-state index contributed by atoms with van der Waals surface area (Å²) < 4.78 is 5.50. The monoisotopic (exact) mass is 317 g/mol. The molecule has 0 bridgehead atoms. The van der Waals surface area contributed by atoms with Crippen LogP contribution in [0, 0.1) is 0 Å². The third kappa shape index (κ3) is 3.10. The van der Waals surface area contributed by atoms with E-state index in [0.717, 1.165) is 31.4 Å². The van der Waals surface area contributed by atoms with E-state index in [2.05, 4.69) is 9.98 Å². The van der Waals surface area contributed by atoms with Gasteiger partial charge in [0.15, 0.2) is 0 Å². The first-order chi connectivity index (χ1) is 11.1. The van der Waals surface area contributed by atoms with Gasteiger partial charge in [0.05, 0.1) is 6.61 Å². The number of aliphatic hydroxyl groups excluding tert-OH is 1. The van der Waals surface area contributed by atoms with Crippen LogP contribution in [0.5, 0.6) is 5.75 Å². The van der Waals surface area contributed by atoms with Crippen molar-refractivity contribution in [3.05, 3.63) is 24.3 Å². The summed E-state index contributed by atoms with van der Waals surface area (Å²) in [5.74, 6) is 1.28. The van der Waals surface area contributed by atoms with Crippen LogP contribution in [0.25, 0.3) is 0 Å². The van der Waals surface area contributed by atoms with Crippen molar-refractivity contribution in [2.45, 2.75) is 37.8 Å². The average molecular weight is 317 g/mol. The highest BCUT2D eigenvalue weighted by atomic mass is 16.5. The van der Waals surface area contributed by atoms with E-state index < -0.39 is 5.66 Å². The van der Waals surface area contributed by atoms with Gasteiger partial charge in [-0.25, -0.2) is 4.99 Å². The molecule has 3 rings (SSSR count). The minimum absolute atomic E-state index is 0.0255. The van der Waals surface area contributed by atoms with Crippen LogP contribution in [0.2, 0.25) is 0 Å². The van der Waals surface area contributed by atoms with E-state index in [0.29, 0.717) is 11.7 Å². The molecule has 1 aliphatic heterocycles. The Hall–Kier alpha value is -2.28. The summed E-state index contributed by atoms with van der Waals surface area (Å²) in [5.41, 5.74) is 12.5. The minimum atomic E-state index is -0.455. The van der Waals surface area contributed by atoms with Gasteiger partial charge in [0.25, 0.3) is 0 Å². The second-order valence-electron chi connectivity index (χ2n) is 5.89. The van der Waals surface area contributed by atoms with Crippen molar-refractivity contribution in [2.75, 3.05) is 18.1 Å². The fourth-order valence-corrected chi connectivity index (χ4v) is 3.37. The topological polar surface area (TPSA) is 109 Å². The number of aliphatic hydroxyl groups is 1. The Kier molecular flexibility index (Phi) is 4.38. The third-order valence-corrected chi connectivity index (χ3v) is 4.29. The summed E-state index contributed by atoms with van der Waals surface area (Å²) in [6.45, 7) is 0.228. The molecule has 0 aromatic heterocycles. The zero-order valence-electron chi connectivity index (χ0n) is 13.1. The molecule has 1 aliphatic carbocycles. The van der Waals surface area contributed by atoms with Crippen molar-refractivity contribution in [3.8, 4) is 5.75 Å². The Labute approximate surface area is 135 Å². The normalized spacial score (nSPS) is 20.1. The highest BCUT2D eigenvalue weighted by molar-refractivity contribution is 6.05. The number of nitrogens with zero attached hydrogens (tertiary/aromatic N) is 3. The highest BCUT2D eigenvalue weighted by Crippen LogP contribution is 2.40. The molecule has 1 heterocycles. The molecule has 0 amide bonds. The van der Waals surface area contributed by atoms with Crippen LogP contribution in [0.4, 0.5) is 5.69 Å². The summed E-state index contributed by atoms with van der Waals surface area (Å²) in [6.07, 6.45) is 5.15. The number of guanidine groups is 2. The number of hydrogen-bond acceptors (Lipinski definition) is 7. The lowest BCUT2D eigenvalue weighted by Gasteiger charge is -2.45. The van der Waals surface area contributed by atoms with Crippen LogP contribution in [-0.4, -0.2) is 35.9 Å². The number of anilines is 1. The van der Waals surface area contributed by atoms with Crippen molar-refractivity contribution >= 4 is 17.6 Å². The smallest absolute Gasteiger partial charge is 0.220 e. The Morgan fingerprint density at radius 3 is 2.74 bits per heavy atom. The van der Waals surface area contributed by atoms with E-state index in [1.807, 2.05) is 29.2 Å². The molecule has 5 N–H and O–H groups in total. The fourth-order valence-electron chi connectivity index (χ4n) is 3.37. The minimum Gasteiger partial charge on any atom is -0.491 e. The molecule has 7 heteroatoms. The molecule has 124 valence electrons. The van der Waals surface area contributed by atoms with Crippen molar-refractivity contribution < 1.29 is 9.84 Å². The number of aliphatic imine (C=N–C) groups is 2. The van der Waals surface area contributed by atoms with Gasteiger partial charge in [-0.05, 0) is 37.8 Å². The van der Waals surface area contributed by atoms with Crippen LogP contribution >= 0.6 is 0 Å². The molecular formula is C16H23N5O2. The summed E-state index contributed by atoms with van der Waals surface area (Å²) >= 11 is 0. The van der Waals surface area contributed by atoms with Crippen molar-refractivity contribution in [3.63, 3.8) is 0 Å². The molecule has 1 spiro atoms. The molecule has 0 saturated heterocycles. The molecule has 2 aliphatic rings. The van der Waals surface area contributed by atoms with Crippen molar-refractivity contribution in [1.29, 1.82) is 0 Å². The Morgan fingerprint density at radius 1 is 1.22 bits per heavy atom. The first-order valence-corrected chi connectivity index (χ1v) is 7.98. The van der Waals surface area contributed by atoms with Crippen molar-refractivity contribution in [1.82, 2.24) is 0 Å². The zero-order chi connectivity index (χ0) is 16.3. The van der Waals surface area contributed by atoms with Gasteiger partial charge in [-0.1, -0.05) is 12.5 Å². The summed E-state index contributed by atoms with van der Waals surface area (Å²) in [7, 11) is 0. The Balaban J connectivity index is 1.97. The quantitative estimate of drug-likeness (QED) is 0.772. The number of benzene rings is 1. The van der Waals surface area contributed by atoms with Crippen LogP contribution in [0.15, 0.2) is 34.3 Å². The van der Waals surface area contributed by atoms with Crippen LogP contribution in [0.1, 0.15) is 32.1 Å². The van der Waals surface area contributed by atoms with Gasteiger partial charge in [0.1, 0.15) is 18.0 Å². The second-order valence-corrected chi connectivity index (χ2v) is 5.89. The predicted octanol–water partition coefficient (Wildman–Crippen LogP) is 1.17. The number of hydrogen-bond donors (Lipinski definition) is 3. The highest BCUT2D eigenvalue weighted by Gasteiger charge is 2.42. The summed E-state index contributed by atoms with van der Waals surface area (Å²) in [5, 5.41) is 8.91. The summed E-state index contributed by atoms with van der Waals surface area (Å²) in [4.78, 5) is 10.8. The van der Waals surface area contributed by atoms with Gasteiger partial charge in [-0.15, -0.1) is 0 Å². The fraction of sp³-hybridized carbons (Fsp3) is 0.500. The van der Waals surface area contributed by atoms with Gasteiger partial charge < -0.3 is 21.3 Å². The largest absolute Gasteiger partial charge is 0.491 e. The molecule has 0 unspecified atom stereocenters. The molecule has 1 saturated carbocycles. The maximum absolute atomic E-state index is 8.91. The molecule has 1 aromatic carbocycles. The molecule has 0 atom stereocenters. The van der Waals surface area contributed by atoms with E-state index in [9.17, 15) is 0 Å². The average Bonchev–Trinajstić information content (AvgIpc) is 2.53. The first kappa shape index (κ1) is 15.6. The lowest BCUT2D eigenvalue weighted by Crippen LogP contribution is -2.58. The number of rotatable bonds is 4. The van der Waals surface area contributed by atoms with Gasteiger partial charge in [0.2, 0.25) is 11.9 Å². The van der Waals surface area contributed by atoms with E-state index in [4.69, 9.17) is 21.3 Å². The number of nitrogens with two attached hydrogens (primary N) is 2. The Bertz CT molecular complexity index is 623. The van der Waals surface area contributed by atoms with Crippen LogP contribution in [-0.2, 0) is 0 Å². The van der Waals surface area contributed by atoms with E-state index >= 15 is 0 Å². The Morgan fingerprint density at radius 2 is 2.00 bits per heavy atom. The van der Waals surface area contributed by atoms with Crippen LogP contribution < -0.4 is 21.1 Å². The lowest BCUT2D eigenvalue weighted by molar-refractivity contribution is 0.201. The van der Waals surface area contributed by atoms with Crippen molar-refractivity contribution in [2.24, 2.45) is 21.5 Å². The first-order valence-electron chi connectivity index (χ1n) is 7.98. The molecule has 23 heavy (non-hydrogen) atoms. The van der Waals surface area contributed by atoms with E-state index in [1.54, 1.807) is 0 Å². The predicted molar refractivity (Wildman–Crippen MR) is 90.6 cm³/mol. The molecule has 0 radical (unpaired) electrons. The van der Waals surface area contributed by atoms with Gasteiger partial charge in [-0.2, -0.15) is 4.99 Å². The van der Waals surface area contributed by atoms with Gasteiger partial charge in [0, 0.05) is 11.8 Å². The maximum Gasteiger partial charge on any atom is 0.220 e. The molecule has 7 nitrogen and oxygen atoms in total. The zero-order valence-corrected chi connectivity index (χ0v) is 13.1. The van der Waals surface area contributed by atoms with E-state index in [1.165, 1.54) is 6.42 Å². The molecule has 1 aromatic rings. The standard InChI is InChI=1S/C16H23N5O2/c17-14-19-15(18)21(16(20-14)7-2-1-3-8-16)12-5-4-6-13(11-12)23-10-9-22/h4-6,11,22H,1-3,7-10H2,(H4,17,18,19,20). The lowest BCUT2D eigenvalue weighted by atomic mass is 9.87. The maximum atomic E-state index is 8.91. The second kappa shape index (κ2) is 6.45. The SMILES string of the molecule is NC1=NC2(CCCCC2)N(c2cccc(OCCO)c2)C(N)=N1. The molecule has 1 fully saturated rings. The summed E-state index contributed by atoms with van der Waals surface area (Å²) in [6, 6.07) is 7.60. The van der Waals surface area contributed by atoms with Gasteiger partial charge >= 0.3 is 0 Å². The van der Waals surface area contributed by atoms with Crippen LogP contribution in [0.3, 0.4) is 0 Å².